The van der Waals surface area contributed by atoms with Gasteiger partial charge in [-0.05, 0) is 43.3 Å². The number of hydrogen-bond acceptors (Lipinski definition) is 2. The summed E-state index contributed by atoms with van der Waals surface area (Å²) in [7, 11) is -1.68. The van der Waals surface area contributed by atoms with Crippen molar-refractivity contribution in [1.29, 1.82) is 0 Å². The van der Waals surface area contributed by atoms with Crippen LogP contribution in [0.1, 0.15) is 26.6 Å². The molecule has 0 aliphatic carbocycles. The summed E-state index contributed by atoms with van der Waals surface area (Å²) < 4.78 is 9.61. The lowest BCUT2D eigenvalue weighted by atomic mass is 10.2. The average Bonchev–Trinajstić information content (AvgIpc) is 2.64. The van der Waals surface area contributed by atoms with Crippen molar-refractivity contribution < 1.29 is 4.43 Å². The Kier molecular flexibility index (Phi) is 4.66. The van der Waals surface area contributed by atoms with E-state index >= 15 is 0 Å². The summed E-state index contributed by atoms with van der Waals surface area (Å²) in [6.07, 6.45) is 0. The first-order chi connectivity index (χ1) is 9.62. The standard InChI is InChI=1S/C16H25BrN2OSi/c1-12-18-14-8-7-13(17)11-15(14)19(12)9-10-20-21(5,6)16(2,3)4/h7-8,11H,9-10H2,1-6H3. The number of fused-ring (bicyclic) bond motifs is 1. The van der Waals surface area contributed by atoms with Crippen molar-refractivity contribution in [3.05, 3.63) is 28.5 Å². The van der Waals surface area contributed by atoms with E-state index in [1.54, 1.807) is 0 Å². The Bertz CT molecular complexity index is 643. The molecule has 2 rings (SSSR count). The lowest BCUT2D eigenvalue weighted by Crippen LogP contribution is -2.41. The molecule has 5 heteroatoms. The van der Waals surface area contributed by atoms with Gasteiger partial charge >= 0.3 is 0 Å². The van der Waals surface area contributed by atoms with Gasteiger partial charge in [0.1, 0.15) is 5.82 Å². The Morgan fingerprint density at radius 2 is 1.95 bits per heavy atom. The lowest BCUT2D eigenvalue weighted by molar-refractivity contribution is 0.272. The number of benzene rings is 1. The molecule has 0 fully saturated rings. The van der Waals surface area contributed by atoms with Gasteiger partial charge in [0.2, 0.25) is 0 Å². The highest BCUT2D eigenvalue weighted by Crippen LogP contribution is 2.36. The molecule has 116 valence electrons. The van der Waals surface area contributed by atoms with Crippen LogP contribution in [0.15, 0.2) is 22.7 Å². The molecule has 0 radical (unpaired) electrons. The summed E-state index contributed by atoms with van der Waals surface area (Å²) in [5.41, 5.74) is 2.21. The van der Waals surface area contributed by atoms with Crippen molar-refractivity contribution in [1.82, 2.24) is 9.55 Å². The lowest BCUT2D eigenvalue weighted by Gasteiger charge is -2.36. The van der Waals surface area contributed by atoms with Crippen LogP contribution in [-0.2, 0) is 11.0 Å². The zero-order valence-electron chi connectivity index (χ0n) is 13.8. The molecule has 3 nitrogen and oxygen atoms in total. The molecule has 1 aromatic carbocycles. The summed E-state index contributed by atoms with van der Waals surface area (Å²) in [4.78, 5) is 4.62. The molecule has 1 aromatic heterocycles. The van der Waals surface area contributed by atoms with Gasteiger partial charge in [-0.3, -0.25) is 0 Å². The predicted octanol–water partition coefficient (Wildman–Crippen LogP) is 5.13. The van der Waals surface area contributed by atoms with Gasteiger partial charge in [0.25, 0.3) is 0 Å². The summed E-state index contributed by atoms with van der Waals surface area (Å²) in [6.45, 7) is 15.1. The number of hydrogen-bond donors (Lipinski definition) is 0. The number of halogens is 1. The maximum absolute atomic E-state index is 6.28. The zero-order valence-corrected chi connectivity index (χ0v) is 16.4. The monoisotopic (exact) mass is 368 g/mol. The highest BCUT2D eigenvalue weighted by Gasteiger charge is 2.36. The molecule has 2 aromatic rings. The molecule has 0 saturated carbocycles. The van der Waals surface area contributed by atoms with Crippen molar-refractivity contribution in [2.75, 3.05) is 6.61 Å². The smallest absolute Gasteiger partial charge is 0.192 e. The van der Waals surface area contributed by atoms with Crippen LogP contribution in [0.2, 0.25) is 18.1 Å². The second-order valence-electron chi connectivity index (χ2n) is 7.05. The van der Waals surface area contributed by atoms with E-state index < -0.39 is 8.32 Å². The van der Waals surface area contributed by atoms with Gasteiger partial charge in [-0.1, -0.05) is 36.7 Å². The van der Waals surface area contributed by atoms with Crippen molar-refractivity contribution in [3.63, 3.8) is 0 Å². The van der Waals surface area contributed by atoms with E-state index in [0.717, 1.165) is 29.0 Å². The number of imidazole rings is 1. The van der Waals surface area contributed by atoms with E-state index in [4.69, 9.17) is 4.43 Å². The van der Waals surface area contributed by atoms with E-state index in [1.165, 1.54) is 5.52 Å². The predicted molar refractivity (Wildman–Crippen MR) is 95.3 cm³/mol. The third-order valence-electron chi connectivity index (χ3n) is 4.49. The minimum absolute atomic E-state index is 0.252. The summed E-state index contributed by atoms with van der Waals surface area (Å²) in [5.74, 6) is 1.04. The molecular formula is C16H25BrN2OSi. The maximum Gasteiger partial charge on any atom is 0.192 e. The topological polar surface area (TPSA) is 27.1 Å². The summed E-state index contributed by atoms with van der Waals surface area (Å²) in [5, 5.41) is 0.252. The van der Waals surface area contributed by atoms with Crippen LogP contribution in [0.3, 0.4) is 0 Å². The minimum Gasteiger partial charge on any atom is -0.415 e. The Morgan fingerprint density at radius 3 is 2.57 bits per heavy atom. The van der Waals surface area contributed by atoms with Crippen molar-refractivity contribution >= 4 is 35.3 Å². The average molecular weight is 369 g/mol. The van der Waals surface area contributed by atoms with E-state index in [0.29, 0.717) is 0 Å². The molecule has 0 atom stereocenters. The van der Waals surface area contributed by atoms with Gasteiger partial charge in [0.15, 0.2) is 8.32 Å². The molecule has 0 spiro atoms. The molecular weight excluding hydrogens is 344 g/mol. The summed E-state index contributed by atoms with van der Waals surface area (Å²) in [6, 6.07) is 6.21. The third-order valence-corrected chi connectivity index (χ3v) is 9.52. The Balaban J connectivity index is 2.14. The zero-order chi connectivity index (χ0) is 15.8. The van der Waals surface area contributed by atoms with Gasteiger partial charge < -0.3 is 8.99 Å². The van der Waals surface area contributed by atoms with Crippen LogP contribution >= 0.6 is 15.9 Å². The fraction of sp³-hybridized carbons (Fsp3) is 0.562. The molecule has 0 saturated heterocycles. The molecule has 1 heterocycles. The van der Waals surface area contributed by atoms with Crippen molar-refractivity contribution in [3.8, 4) is 0 Å². The normalized spacial score (nSPS) is 13.1. The molecule has 0 aliphatic heterocycles. The van der Waals surface area contributed by atoms with E-state index in [-0.39, 0.29) is 5.04 Å². The summed E-state index contributed by atoms with van der Waals surface area (Å²) >= 11 is 3.54. The van der Waals surface area contributed by atoms with Crippen molar-refractivity contribution in [2.24, 2.45) is 0 Å². The second kappa shape index (κ2) is 5.86. The van der Waals surface area contributed by atoms with Gasteiger partial charge in [-0.2, -0.15) is 0 Å². The van der Waals surface area contributed by atoms with Crippen LogP contribution in [0, 0.1) is 6.92 Å². The van der Waals surface area contributed by atoms with Crippen LogP contribution in [0.4, 0.5) is 0 Å². The fourth-order valence-electron chi connectivity index (χ4n) is 2.11. The van der Waals surface area contributed by atoms with Crippen molar-refractivity contribution in [2.45, 2.75) is 52.4 Å². The molecule has 0 N–H and O–H groups in total. The maximum atomic E-state index is 6.28. The quantitative estimate of drug-likeness (QED) is 0.699. The first-order valence-electron chi connectivity index (χ1n) is 7.38. The first-order valence-corrected chi connectivity index (χ1v) is 11.1. The van der Waals surface area contributed by atoms with Gasteiger partial charge in [0, 0.05) is 11.0 Å². The Morgan fingerprint density at radius 1 is 1.29 bits per heavy atom. The van der Waals surface area contributed by atoms with Gasteiger partial charge in [0.05, 0.1) is 17.6 Å². The highest BCUT2D eigenvalue weighted by molar-refractivity contribution is 9.10. The van der Waals surface area contributed by atoms with Crippen LogP contribution in [0.5, 0.6) is 0 Å². The van der Waals surface area contributed by atoms with Gasteiger partial charge in [-0.25, -0.2) is 4.98 Å². The SMILES string of the molecule is Cc1nc2ccc(Br)cc2n1CCO[Si](C)(C)C(C)(C)C. The van der Waals surface area contributed by atoms with E-state index in [2.05, 4.69) is 78.4 Å². The number of rotatable bonds is 4. The van der Waals surface area contributed by atoms with E-state index in [1.807, 2.05) is 6.07 Å². The molecule has 0 amide bonds. The van der Waals surface area contributed by atoms with Crippen LogP contribution in [0.25, 0.3) is 11.0 Å². The Labute approximate surface area is 137 Å². The number of aryl methyl sites for hydroxylation is 1. The Hall–Kier alpha value is -0.653. The second-order valence-corrected chi connectivity index (χ2v) is 12.8. The molecule has 0 aliphatic rings. The van der Waals surface area contributed by atoms with E-state index in [9.17, 15) is 0 Å². The number of nitrogens with zero attached hydrogens (tertiary/aromatic N) is 2. The minimum atomic E-state index is -1.68. The molecule has 21 heavy (non-hydrogen) atoms. The van der Waals surface area contributed by atoms with Gasteiger partial charge in [-0.15, -0.1) is 0 Å². The third kappa shape index (κ3) is 3.58. The fourth-order valence-corrected chi connectivity index (χ4v) is 3.49. The first kappa shape index (κ1) is 16.7. The number of aromatic nitrogens is 2. The van der Waals surface area contributed by atoms with Crippen LogP contribution < -0.4 is 0 Å². The molecule has 0 bridgehead atoms. The highest BCUT2D eigenvalue weighted by atomic mass is 79.9. The van der Waals surface area contributed by atoms with Crippen LogP contribution in [-0.4, -0.2) is 24.5 Å². The largest absolute Gasteiger partial charge is 0.415 e. The molecule has 0 unspecified atom stereocenters.